The molecule has 1 N–H and O–H groups in total. The molecule has 6 nitrogen and oxygen atoms in total. The number of nitrogens with zero attached hydrogens (tertiary/aromatic N) is 2. The van der Waals surface area contributed by atoms with Gasteiger partial charge in [0.15, 0.2) is 0 Å². The number of amides is 1. The standard InChI is InChI=1S/C18H19N3O3S/c1-10-5-6-11(2)15(9-10)19-16(22)13(4)25-18-21-20-17(24-18)14-7-8-23-12(14)3/h5-9,13H,1-4H3,(H,19,22)/t13-/m0/s1. The van der Waals surface area contributed by atoms with Gasteiger partial charge in [0, 0.05) is 5.69 Å². The maximum absolute atomic E-state index is 12.4. The fraction of sp³-hybridized carbons (Fsp3) is 0.278. The molecule has 0 saturated heterocycles. The Labute approximate surface area is 150 Å². The van der Waals surface area contributed by atoms with Crippen molar-refractivity contribution in [3.63, 3.8) is 0 Å². The maximum Gasteiger partial charge on any atom is 0.277 e. The lowest BCUT2D eigenvalue weighted by Crippen LogP contribution is -2.22. The Hall–Kier alpha value is -2.54. The molecule has 1 amide bonds. The van der Waals surface area contributed by atoms with E-state index in [1.165, 1.54) is 11.8 Å². The average molecular weight is 357 g/mol. The number of carbonyl (C=O) groups is 1. The fourth-order valence-electron chi connectivity index (χ4n) is 2.28. The van der Waals surface area contributed by atoms with E-state index in [0.717, 1.165) is 22.4 Å². The number of hydrogen-bond acceptors (Lipinski definition) is 6. The number of aromatic nitrogens is 2. The SMILES string of the molecule is Cc1ccc(C)c(NC(=O)[C@H](C)Sc2nnc(-c3ccoc3C)o2)c1. The Morgan fingerprint density at radius 1 is 1.20 bits per heavy atom. The van der Waals surface area contributed by atoms with E-state index in [1.807, 2.05) is 39.0 Å². The predicted octanol–water partition coefficient (Wildman–Crippen LogP) is 4.37. The molecule has 3 rings (SSSR count). The van der Waals surface area contributed by atoms with Crippen LogP contribution in [0.25, 0.3) is 11.5 Å². The molecule has 0 fully saturated rings. The molecule has 2 aromatic heterocycles. The van der Waals surface area contributed by atoms with Crippen molar-refractivity contribution in [2.75, 3.05) is 5.32 Å². The minimum atomic E-state index is -0.376. The summed E-state index contributed by atoms with van der Waals surface area (Å²) in [5.74, 6) is 0.981. The van der Waals surface area contributed by atoms with E-state index in [-0.39, 0.29) is 11.2 Å². The molecule has 0 unspecified atom stereocenters. The topological polar surface area (TPSA) is 81.2 Å². The highest BCUT2D eigenvalue weighted by molar-refractivity contribution is 8.00. The van der Waals surface area contributed by atoms with Crippen molar-refractivity contribution in [1.82, 2.24) is 10.2 Å². The summed E-state index contributed by atoms with van der Waals surface area (Å²) < 4.78 is 10.9. The molecule has 0 spiro atoms. The van der Waals surface area contributed by atoms with E-state index >= 15 is 0 Å². The molecule has 0 bridgehead atoms. The highest BCUT2D eigenvalue weighted by Crippen LogP contribution is 2.29. The molecule has 130 valence electrons. The van der Waals surface area contributed by atoms with Crippen molar-refractivity contribution in [2.24, 2.45) is 0 Å². The monoisotopic (exact) mass is 357 g/mol. The second kappa shape index (κ2) is 7.14. The van der Waals surface area contributed by atoms with Crippen LogP contribution < -0.4 is 5.32 Å². The third kappa shape index (κ3) is 3.93. The minimum Gasteiger partial charge on any atom is -0.469 e. The summed E-state index contributed by atoms with van der Waals surface area (Å²) in [4.78, 5) is 12.4. The average Bonchev–Trinajstić information content (AvgIpc) is 3.19. The van der Waals surface area contributed by atoms with Crippen LogP contribution in [0.2, 0.25) is 0 Å². The smallest absolute Gasteiger partial charge is 0.277 e. The van der Waals surface area contributed by atoms with Gasteiger partial charge in [0.05, 0.1) is 17.1 Å². The lowest BCUT2D eigenvalue weighted by atomic mass is 10.1. The van der Waals surface area contributed by atoms with Crippen molar-refractivity contribution < 1.29 is 13.6 Å². The minimum absolute atomic E-state index is 0.113. The fourth-order valence-corrected chi connectivity index (χ4v) is 2.97. The first-order valence-corrected chi connectivity index (χ1v) is 8.74. The van der Waals surface area contributed by atoms with Gasteiger partial charge in [-0.1, -0.05) is 23.9 Å². The van der Waals surface area contributed by atoms with Crippen molar-refractivity contribution in [3.05, 3.63) is 47.4 Å². The third-order valence-electron chi connectivity index (χ3n) is 3.79. The summed E-state index contributed by atoms with van der Waals surface area (Å²) in [5, 5.41) is 10.9. The number of anilines is 1. The zero-order valence-corrected chi connectivity index (χ0v) is 15.3. The molecule has 1 aromatic carbocycles. The number of benzene rings is 1. The molecule has 0 radical (unpaired) electrons. The number of rotatable bonds is 5. The van der Waals surface area contributed by atoms with E-state index in [4.69, 9.17) is 8.83 Å². The van der Waals surface area contributed by atoms with E-state index in [0.29, 0.717) is 16.9 Å². The lowest BCUT2D eigenvalue weighted by molar-refractivity contribution is -0.115. The molecule has 2 heterocycles. The van der Waals surface area contributed by atoms with Crippen LogP contribution in [0.15, 0.2) is 44.6 Å². The van der Waals surface area contributed by atoms with Crippen LogP contribution in [-0.2, 0) is 4.79 Å². The molecule has 0 saturated carbocycles. The molecule has 25 heavy (non-hydrogen) atoms. The first-order chi connectivity index (χ1) is 11.9. The molecule has 1 atom stereocenters. The van der Waals surface area contributed by atoms with Crippen LogP contribution >= 0.6 is 11.8 Å². The Bertz CT molecular complexity index is 901. The van der Waals surface area contributed by atoms with Gasteiger partial charge in [-0.2, -0.15) is 0 Å². The summed E-state index contributed by atoms with van der Waals surface area (Å²) >= 11 is 1.22. The zero-order valence-electron chi connectivity index (χ0n) is 14.5. The first kappa shape index (κ1) is 17.3. The van der Waals surface area contributed by atoms with Gasteiger partial charge in [-0.05, 0) is 51.0 Å². The van der Waals surface area contributed by atoms with Gasteiger partial charge < -0.3 is 14.2 Å². The highest BCUT2D eigenvalue weighted by atomic mass is 32.2. The van der Waals surface area contributed by atoms with E-state index < -0.39 is 0 Å². The van der Waals surface area contributed by atoms with Crippen molar-refractivity contribution in [1.29, 1.82) is 0 Å². The van der Waals surface area contributed by atoms with Crippen LogP contribution in [0.4, 0.5) is 5.69 Å². The number of aryl methyl sites for hydroxylation is 3. The maximum atomic E-state index is 12.4. The molecular weight excluding hydrogens is 338 g/mol. The summed E-state index contributed by atoms with van der Waals surface area (Å²) in [6.07, 6.45) is 1.57. The Morgan fingerprint density at radius 3 is 2.72 bits per heavy atom. The molecule has 0 aliphatic heterocycles. The normalized spacial score (nSPS) is 12.2. The summed E-state index contributed by atoms with van der Waals surface area (Å²) in [7, 11) is 0. The number of nitrogens with one attached hydrogen (secondary N) is 1. The molecule has 7 heteroatoms. The molecular formula is C18H19N3O3S. The second-order valence-corrected chi connectivity index (χ2v) is 7.12. The number of carbonyl (C=O) groups excluding carboxylic acids is 1. The summed E-state index contributed by atoms with van der Waals surface area (Å²) in [6, 6.07) is 7.73. The quantitative estimate of drug-likeness (QED) is 0.683. The Morgan fingerprint density at radius 2 is 2.00 bits per heavy atom. The van der Waals surface area contributed by atoms with Crippen LogP contribution in [0.5, 0.6) is 0 Å². The first-order valence-electron chi connectivity index (χ1n) is 7.87. The predicted molar refractivity (Wildman–Crippen MR) is 96.6 cm³/mol. The number of furan rings is 1. The highest BCUT2D eigenvalue weighted by Gasteiger charge is 2.20. The number of hydrogen-bond donors (Lipinski definition) is 1. The van der Waals surface area contributed by atoms with Crippen molar-refractivity contribution >= 4 is 23.4 Å². The van der Waals surface area contributed by atoms with Crippen LogP contribution in [0.1, 0.15) is 23.8 Å². The molecule has 3 aromatic rings. The van der Waals surface area contributed by atoms with Gasteiger partial charge in [-0.15, -0.1) is 10.2 Å². The molecule has 0 aliphatic carbocycles. The van der Waals surface area contributed by atoms with Gasteiger partial charge in [-0.3, -0.25) is 4.79 Å². The van der Waals surface area contributed by atoms with E-state index in [1.54, 1.807) is 19.3 Å². The molecule has 0 aliphatic rings. The number of thioether (sulfide) groups is 1. The third-order valence-corrected chi connectivity index (χ3v) is 4.73. The Kier molecular flexibility index (Phi) is 4.94. The largest absolute Gasteiger partial charge is 0.469 e. The van der Waals surface area contributed by atoms with E-state index in [9.17, 15) is 4.79 Å². The van der Waals surface area contributed by atoms with Crippen LogP contribution in [-0.4, -0.2) is 21.4 Å². The van der Waals surface area contributed by atoms with Gasteiger partial charge in [0.2, 0.25) is 5.91 Å². The summed E-state index contributed by atoms with van der Waals surface area (Å²) in [6.45, 7) is 7.58. The summed E-state index contributed by atoms with van der Waals surface area (Å²) in [5.41, 5.74) is 3.69. The van der Waals surface area contributed by atoms with Gasteiger partial charge in [0.1, 0.15) is 5.76 Å². The van der Waals surface area contributed by atoms with Crippen molar-refractivity contribution in [3.8, 4) is 11.5 Å². The van der Waals surface area contributed by atoms with Crippen LogP contribution in [0, 0.1) is 20.8 Å². The van der Waals surface area contributed by atoms with Gasteiger partial charge >= 0.3 is 0 Å². The lowest BCUT2D eigenvalue weighted by Gasteiger charge is -2.12. The van der Waals surface area contributed by atoms with Crippen LogP contribution in [0.3, 0.4) is 0 Å². The van der Waals surface area contributed by atoms with Gasteiger partial charge in [-0.25, -0.2) is 0 Å². The zero-order chi connectivity index (χ0) is 18.0. The van der Waals surface area contributed by atoms with E-state index in [2.05, 4.69) is 15.5 Å². The Balaban J connectivity index is 1.67. The van der Waals surface area contributed by atoms with Gasteiger partial charge in [0.25, 0.3) is 11.1 Å². The second-order valence-electron chi connectivity index (χ2n) is 5.83. The van der Waals surface area contributed by atoms with Crippen molar-refractivity contribution in [2.45, 2.75) is 38.2 Å².